The Kier molecular flexibility index (Phi) is 6.01. The molecule has 2 saturated heterocycles. The molecule has 4 rings (SSSR count). The summed E-state index contributed by atoms with van der Waals surface area (Å²) in [7, 11) is -3.47. The molecule has 2 heterocycles. The number of hydrogen-bond acceptors (Lipinski definition) is 5. The molecule has 0 spiro atoms. The molecule has 0 saturated carbocycles. The van der Waals surface area contributed by atoms with Gasteiger partial charge in [-0.1, -0.05) is 6.07 Å². The zero-order chi connectivity index (χ0) is 19.6. The summed E-state index contributed by atoms with van der Waals surface area (Å²) in [4.78, 5) is 14.5. The third kappa shape index (κ3) is 4.40. The number of fused-ring (bicyclic) bond motifs is 1. The zero-order valence-corrected chi connectivity index (χ0v) is 17.0. The van der Waals surface area contributed by atoms with Crippen molar-refractivity contribution in [3.8, 4) is 0 Å². The van der Waals surface area contributed by atoms with Crippen LogP contribution in [0.25, 0.3) is 0 Å². The van der Waals surface area contributed by atoms with E-state index in [4.69, 9.17) is 4.74 Å². The number of benzene rings is 1. The summed E-state index contributed by atoms with van der Waals surface area (Å²) in [5.74, 6) is -0.0228. The molecule has 7 nitrogen and oxygen atoms in total. The van der Waals surface area contributed by atoms with Gasteiger partial charge in [-0.25, -0.2) is 8.42 Å². The largest absolute Gasteiger partial charge is 0.376 e. The Labute approximate surface area is 167 Å². The van der Waals surface area contributed by atoms with Gasteiger partial charge in [-0.15, -0.1) is 0 Å². The van der Waals surface area contributed by atoms with Crippen molar-refractivity contribution in [2.24, 2.45) is 0 Å². The van der Waals surface area contributed by atoms with Gasteiger partial charge < -0.3 is 10.1 Å². The third-order valence-electron chi connectivity index (χ3n) is 5.96. The van der Waals surface area contributed by atoms with Gasteiger partial charge in [0.25, 0.3) is 0 Å². The first-order valence-electron chi connectivity index (χ1n) is 10.2. The van der Waals surface area contributed by atoms with Crippen LogP contribution in [0.5, 0.6) is 0 Å². The fourth-order valence-electron chi connectivity index (χ4n) is 4.28. The molecule has 1 aliphatic carbocycles. The van der Waals surface area contributed by atoms with Crippen LogP contribution < -0.4 is 5.32 Å². The first-order valence-corrected chi connectivity index (χ1v) is 11.7. The quantitative estimate of drug-likeness (QED) is 0.754. The lowest BCUT2D eigenvalue weighted by Gasteiger charge is -2.33. The normalized spacial score (nSPS) is 23.6. The third-order valence-corrected chi connectivity index (χ3v) is 7.85. The Morgan fingerprint density at radius 3 is 2.64 bits per heavy atom. The number of hydrogen-bond donors (Lipinski definition) is 1. The van der Waals surface area contributed by atoms with Crippen LogP contribution in [0, 0.1) is 0 Å². The van der Waals surface area contributed by atoms with Gasteiger partial charge in [-0.05, 0) is 55.4 Å². The molecule has 3 aliphatic rings. The summed E-state index contributed by atoms with van der Waals surface area (Å²) in [6.07, 6.45) is 5.31. The molecule has 2 fully saturated rings. The number of nitrogens with zero attached hydrogens (tertiary/aromatic N) is 2. The predicted octanol–water partition coefficient (Wildman–Crippen LogP) is 0.777. The smallest absolute Gasteiger partial charge is 0.243 e. The van der Waals surface area contributed by atoms with Crippen molar-refractivity contribution in [1.29, 1.82) is 0 Å². The lowest BCUT2D eigenvalue weighted by molar-refractivity contribution is -0.123. The van der Waals surface area contributed by atoms with Gasteiger partial charge in [0, 0.05) is 39.3 Å². The van der Waals surface area contributed by atoms with Crippen molar-refractivity contribution in [2.45, 2.75) is 43.1 Å². The molecule has 1 aromatic carbocycles. The summed E-state index contributed by atoms with van der Waals surface area (Å²) >= 11 is 0. The van der Waals surface area contributed by atoms with Gasteiger partial charge in [-0.2, -0.15) is 4.31 Å². The minimum atomic E-state index is -3.47. The number of piperazine rings is 1. The molecule has 28 heavy (non-hydrogen) atoms. The van der Waals surface area contributed by atoms with Crippen LogP contribution in [0.4, 0.5) is 0 Å². The van der Waals surface area contributed by atoms with Crippen molar-refractivity contribution in [3.63, 3.8) is 0 Å². The molecule has 0 unspecified atom stereocenters. The Morgan fingerprint density at radius 2 is 1.89 bits per heavy atom. The molecule has 1 N–H and O–H groups in total. The van der Waals surface area contributed by atoms with Crippen LogP contribution in [0.3, 0.4) is 0 Å². The van der Waals surface area contributed by atoms with E-state index in [-0.39, 0.29) is 12.0 Å². The maximum absolute atomic E-state index is 13.0. The van der Waals surface area contributed by atoms with Gasteiger partial charge in [0.2, 0.25) is 15.9 Å². The van der Waals surface area contributed by atoms with E-state index in [0.717, 1.165) is 38.7 Å². The van der Waals surface area contributed by atoms with Crippen LogP contribution in [-0.4, -0.2) is 75.5 Å². The molecule has 0 radical (unpaired) electrons. The second-order valence-corrected chi connectivity index (χ2v) is 9.84. The Bertz CT molecular complexity index is 813. The van der Waals surface area contributed by atoms with E-state index in [0.29, 0.717) is 44.2 Å². The summed E-state index contributed by atoms with van der Waals surface area (Å²) in [5, 5.41) is 2.93. The minimum Gasteiger partial charge on any atom is -0.376 e. The van der Waals surface area contributed by atoms with Crippen molar-refractivity contribution in [2.75, 3.05) is 45.9 Å². The van der Waals surface area contributed by atoms with E-state index in [2.05, 4.69) is 5.32 Å². The van der Waals surface area contributed by atoms with Crippen LogP contribution in [0.15, 0.2) is 23.1 Å². The molecule has 1 amide bonds. The Hall–Kier alpha value is -1.48. The number of amides is 1. The fourth-order valence-corrected chi connectivity index (χ4v) is 5.75. The molecular weight excluding hydrogens is 378 g/mol. The maximum Gasteiger partial charge on any atom is 0.243 e. The second kappa shape index (κ2) is 8.49. The molecule has 8 heteroatoms. The standard InChI is InChI=1S/C20H29N3O4S/c24-20(21-14-18-5-2-12-27-18)15-22-8-10-23(11-9-22)28(25,26)19-7-6-16-3-1-4-17(16)13-19/h6-7,13,18H,1-5,8-12,14-15H2,(H,21,24)/t18-/m0/s1. The SMILES string of the molecule is O=C(CN1CCN(S(=O)(=O)c2ccc3c(c2)CCC3)CC1)NC[C@@H]1CCCO1. The average Bonchev–Trinajstić information content (AvgIpc) is 3.38. The van der Waals surface area contributed by atoms with Gasteiger partial charge in [-0.3, -0.25) is 9.69 Å². The fraction of sp³-hybridized carbons (Fsp3) is 0.650. The van der Waals surface area contributed by atoms with Crippen LogP contribution in [0.1, 0.15) is 30.4 Å². The van der Waals surface area contributed by atoms with Gasteiger partial charge in [0.15, 0.2) is 0 Å². The summed E-state index contributed by atoms with van der Waals surface area (Å²) < 4.78 is 33.0. The molecule has 0 aromatic heterocycles. The topological polar surface area (TPSA) is 79.0 Å². The second-order valence-electron chi connectivity index (χ2n) is 7.90. The Balaban J connectivity index is 1.28. The van der Waals surface area contributed by atoms with E-state index in [1.54, 1.807) is 10.4 Å². The number of nitrogens with one attached hydrogen (secondary N) is 1. The van der Waals surface area contributed by atoms with Gasteiger partial charge in [0.05, 0.1) is 17.5 Å². The zero-order valence-electron chi connectivity index (χ0n) is 16.2. The molecule has 1 atom stereocenters. The van der Waals surface area contributed by atoms with Gasteiger partial charge >= 0.3 is 0 Å². The highest BCUT2D eigenvalue weighted by Gasteiger charge is 2.30. The summed E-state index contributed by atoms with van der Waals surface area (Å²) in [5.41, 5.74) is 2.44. The van der Waals surface area contributed by atoms with Crippen LogP contribution in [-0.2, 0) is 32.4 Å². The van der Waals surface area contributed by atoms with Crippen molar-refractivity contribution in [1.82, 2.24) is 14.5 Å². The molecule has 154 valence electrons. The number of carbonyl (C=O) groups excluding carboxylic acids is 1. The molecule has 2 aliphatic heterocycles. The van der Waals surface area contributed by atoms with Crippen molar-refractivity contribution < 1.29 is 17.9 Å². The van der Waals surface area contributed by atoms with Crippen LogP contribution in [0.2, 0.25) is 0 Å². The highest BCUT2D eigenvalue weighted by Crippen LogP contribution is 2.26. The van der Waals surface area contributed by atoms with Crippen molar-refractivity contribution >= 4 is 15.9 Å². The molecular formula is C20H29N3O4S. The predicted molar refractivity (Wildman–Crippen MR) is 106 cm³/mol. The van der Waals surface area contributed by atoms with Gasteiger partial charge in [0.1, 0.15) is 0 Å². The summed E-state index contributed by atoms with van der Waals surface area (Å²) in [6.45, 7) is 3.61. The minimum absolute atomic E-state index is 0.0228. The number of sulfonamides is 1. The number of aryl methyl sites for hydroxylation is 2. The first-order chi connectivity index (χ1) is 13.5. The molecule has 0 bridgehead atoms. The first kappa shape index (κ1) is 19.8. The Morgan fingerprint density at radius 1 is 1.11 bits per heavy atom. The lowest BCUT2D eigenvalue weighted by atomic mass is 10.1. The van der Waals surface area contributed by atoms with E-state index in [1.165, 1.54) is 11.1 Å². The monoisotopic (exact) mass is 407 g/mol. The molecule has 1 aromatic rings. The number of rotatable bonds is 6. The van der Waals surface area contributed by atoms with Crippen LogP contribution >= 0.6 is 0 Å². The highest BCUT2D eigenvalue weighted by molar-refractivity contribution is 7.89. The lowest BCUT2D eigenvalue weighted by Crippen LogP contribution is -2.51. The average molecular weight is 408 g/mol. The van der Waals surface area contributed by atoms with E-state index < -0.39 is 10.0 Å². The van der Waals surface area contributed by atoms with Crippen molar-refractivity contribution in [3.05, 3.63) is 29.3 Å². The van der Waals surface area contributed by atoms with E-state index in [1.807, 2.05) is 17.0 Å². The highest BCUT2D eigenvalue weighted by atomic mass is 32.2. The number of ether oxygens (including phenoxy) is 1. The van der Waals surface area contributed by atoms with E-state index >= 15 is 0 Å². The maximum atomic E-state index is 13.0. The summed E-state index contributed by atoms with van der Waals surface area (Å²) in [6, 6.07) is 5.55. The van der Waals surface area contributed by atoms with E-state index in [9.17, 15) is 13.2 Å². The number of carbonyl (C=O) groups is 1.